The van der Waals surface area contributed by atoms with Crippen LogP contribution in [0.4, 0.5) is 49.1 Å². The molecular formula is C22H17F6N5. The van der Waals surface area contributed by atoms with Gasteiger partial charge in [-0.25, -0.2) is 4.99 Å². The van der Waals surface area contributed by atoms with Crippen LogP contribution < -0.4 is 22.1 Å². The highest BCUT2D eigenvalue weighted by Crippen LogP contribution is 2.39. The maximum atomic E-state index is 13.0. The fourth-order valence-corrected chi connectivity index (χ4v) is 3.36. The normalized spacial score (nSPS) is 18.2. The Kier molecular flexibility index (Phi) is 5.24. The summed E-state index contributed by atoms with van der Waals surface area (Å²) in [6.45, 7) is 0. The van der Waals surface area contributed by atoms with Crippen LogP contribution in [0.15, 0.2) is 71.7 Å². The molecule has 0 amide bonds. The van der Waals surface area contributed by atoms with Crippen molar-refractivity contribution < 1.29 is 26.3 Å². The summed E-state index contributed by atoms with van der Waals surface area (Å²) in [7, 11) is 0. The van der Waals surface area contributed by atoms with E-state index in [1.54, 1.807) is 18.2 Å². The summed E-state index contributed by atoms with van der Waals surface area (Å²) in [5.74, 6) is 0.0557. The molecule has 0 bridgehead atoms. The minimum Gasteiger partial charge on any atom is -0.399 e. The number of aliphatic imine (C=N–C) groups is 1. The number of fused-ring (bicyclic) bond motifs is 1. The molecule has 3 aromatic carbocycles. The smallest absolute Gasteiger partial charge is 0.399 e. The summed E-state index contributed by atoms with van der Waals surface area (Å²) >= 11 is 0. The van der Waals surface area contributed by atoms with Crippen molar-refractivity contribution in [3.05, 3.63) is 83.4 Å². The van der Waals surface area contributed by atoms with E-state index in [0.29, 0.717) is 17.1 Å². The largest absolute Gasteiger partial charge is 0.416 e. The number of nitrogens with zero attached hydrogens (tertiary/aromatic N) is 1. The Balaban J connectivity index is 1.76. The van der Waals surface area contributed by atoms with E-state index >= 15 is 0 Å². The molecule has 1 aliphatic heterocycles. The average Bonchev–Trinajstić information content (AvgIpc) is 2.74. The van der Waals surface area contributed by atoms with Crippen LogP contribution in [0.3, 0.4) is 0 Å². The molecule has 6 N–H and O–H groups in total. The quantitative estimate of drug-likeness (QED) is 0.289. The van der Waals surface area contributed by atoms with Gasteiger partial charge in [-0.1, -0.05) is 12.1 Å². The molecule has 1 unspecified atom stereocenters. The van der Waals surface area contributed by atoms with Crippen molar-refractivity contribution in [3.63, 3.8) is 0 Å². The molecule has 11 heteroatoms. The highest BCUT2D eigenvalue weighted by Gasteiger charge is 2.39. The summed E-state index contributed by atoms with van der Waals surface area (Å²) in [5.41, 5.74) is 10.9. The third-order valence-electron chi connectivity index (χ3n) is 5.10. The van der Waals surface area contributed by atoms with Crippen LogP contribution in [0.2, 0.25) is 0 Å². The van der Waals surface area contributed by atoms with Crippen LogP contribution in [0.5, 0.6) is 0 Å². The lowest BCUT2D eigenvalue weighted by Crippen LogP contribution is -2.55. The molecule has 0 aliphatic carbocycles. The average molecular weight is 465 g/mol. The summed E-state index contributed by atoms with van der Waals surface area (Å²) in [4.78, 5) is 4.47. The van der Waals surface area contributed by atoms with Gasteiger partial charge >= 0.3 is 12.4 Å². The Labute approximate surface area is 184 Å². The first-order valence-electron chi connectivity index (χ1n) is 9.54. The van der Waals surface area contributed by atoms with Gasteiger partial charge in [0.15, 0.2) is 11.5 Å². The Bertz CT molecular complexity index is 1200. The monoisotopic (exact) mass is 465 g/mol. The molecule has 0 spiro atoms. The van der Waals surface area contributed by atoms with Gasteiger partial charge in [0, 0.05) is 11.4 Å². The molecule has 1 atom stereocenters. The lowest BCUT2D eigenvalue weighted by atomic mass is 9.94. The molecular weight excluding hydrogens is 448 g/mol. The summed E-state index contributed by atoms with van der Waals surface area (Å²) in [5, 5.41) is 5.93. The van der Waals surface area contributed by atoms with Gasteiger partial charge in [0.2, 0.25) is 0 Å². The zero-order chi connectivity index (χ0) is 24.0. The first-order chi connectivity index (χ1) is 15.4. The first-order valence-corrected chi connectivity index (χ1v) is 9.54. The standard InChI is InChI=1S/C22H17F6N5/c23-21(24,25)13-3-1-12(2-4-13)20(30)19(32-18-11-15(29)7-10-17(18)33-20)31-16-8-5-14(6-9-16)22(26,27)28/h1-11,33H,29-30H2,(H,31,32). The van der Waals surface area contributed by atoms with Gasteiger partial charge in [-0.2, -0.15) is 26.3 Å². The molecule has 0 fully saturated rings. The van der Waals surface area contributed by atoms with E-state index in [9.17, 15) is 26.3 Å². The predicted octanol–water partition coefficient (Wildman–Crippen LogP) is 5.69. The molecule has 172 valence electrons. The van der Waals surface area contributed by atoms with Crippen LogP contribution in [0, 0.1) is 0 Å². The fourth-order valence-electron chi connectivity index (χ4n) is 3.36. The third kappa shape index (κ3) is 4.44. The number of hydrogen-bond donors (Lipinski definition) is 4. The zero-order valence-corrected chi connectivity index (χ0v) is 16.7. The van der Waals surface area contributed by atoms with E-state index in [-0.39, 0.29) is 17.1 Å². The fraction of sp³-hybridized carbons (Fsp3) is 0.136. The maximum absolute atomic E-state index is 13.0. The highest BCUT2D eigenvalue weighted by atomic mass is 19.4. The number of halogens is 6. The first kappa shape index (κ1) is 22.5. The Morgan fingerprint density at radius 1 is 0.788 bits per heavy atom. The number of alkyl halides is 6. The van der Waals surface area contributed by atoms with Crippen LogP contribution in [0.1, 0.15) is 16.7 Å². The second-order valence-electron chi connectivity index (χ2n) is 7.45. The molecule has 0 aromatic heterocycles. The van der Waals surface area contributed by atoms with Crippen molar-refractivity contribution >= 4 is 28.6 Å². The van der Waals surface area contributed by atoms with Gasteiger partial charge in [-0.3, -0.25) is 5.73 Å². The Morgan fingerprint density at radius 2 is 1.33 bits per heavy atom. The molecule has 3 aromatic rings. The summed E-state index contributed by atoms with van der Waals surface area (Å²) in [6, 6.07) is 13.2. The number of amidine groups is 1. The zero-order valence-electron chi connectivity index (χ0n) is 16.7. The van der Waals surface area contributed by atoms with Crippen LogP contribution in [-0.4, -0.2) is 5.84 Å². The molecule has 1 heterocycles. The van der Waals surface area contributed by atoms with Gasteiger partial charge in [-0.15, -0.1) is 0 Å². The van der Waals surface area contributed by atoms with Gasteiger partial charge in [0.25, 0.3) is 0 Å². The summed E-state index contributed by atoms with van der Waals surface area (Å²) in [6.07, 6.45) is -9.03. The second kappa shape index (κ2) is 7.69. The third-order valence-corrected chi connectivity index (χ3v) is 5.10. The number of benzene rings is 3. The topological polar surface area (TPSA) is 88.5 Å². The molecule has 5 nitrogen and oxygen atoms in total. The molecule has 1 aliphatic rings. The van der Waals surface area contributed by atoms with Crippen molar-refractivity contribution in [1.29, 1.82) is 0 Å². The van der Waals surface area contributed by atoms with Crippen LogP contribution >= 0.6 is 0 Å². The van der Waals surface area contributed by atoms with E-state index < -0.39 is 29.1 Å². The SMILES string of the molecule is Nc1ccc2c(c1)N=C(Nc1ccc(C(F)(F)F)cc1)C(N)(c1ccc(C(F)(F)F)cc1)N2. The van der Waals surface area contributed by atoms with Crippen molar-refractivity contribution in [3.8, 4) is 0 Å². The van der Waals surface area contributed by atoms with Gasteiger partial charge in [0.05, 0.1) is 22.5 Å². The molecule has 4 rings (SSSR count). The predicted molar refractivity (Wildman–Crippen MR) is 114 cm³/mol. The minimum absolute atomic E-state index is 0.0557. The van der Waals surface area contributed by atoms with E-state index in [1.807, 2.05) is 0 Å². The molecule has 0 radical (unpaired) electrons. The number of nitrogens with two attached hydrogens (primary N) is 2. The number of nitrogen functional groups attached to an aromatic ring is 1. The van der Waals surface area contributed by atoms with E-state index in [2.05, 4.69) is 15.6 Å². The Morgan fingerprint density at radius 3 is 1.88 bits per heavy atom. The van der Waals surface area contributed by atoms with Gasteiger partial charge in [0.1, 0.15) is 0 Å². The Hall–Kier alpha value is -3.73. The molecule has 0 saturated heterocycles. The van der Waals surface area contributed by atoms with Crippen molar-refractivity contribution in [2.75, 3.05) is 16.4 Å². The number of rotatable bonds is 2. The summed E-state index contributed by atoms with van der Waals surface area (Å²) < 4.78 is 77.6. The highest BCUT2D eigenvalue weighted by molar-refractivity contribution is 6.08. The lowest BCUT2D eigenvalue weighted by molar-refractivity contribution is -0.138. The molecule has 33 heavy (non-hydrogen) atoms. The van der Waals surface area contributed by atoms with Crippen molar-refractivity contribution in [2.45, 2.75) is 18.0 Å². The van der Waals surface area contributed by atoms with Crippen LogP contribution in [-0.2, 0) is 18.0 Å². The van der Waals surface area contributed by atoms with E-state index in [4.69, 9.17) is 11.5 Å². The molecule has 0 saturated carbocycles. The number of anilines is 3. The second-order valence-corrected chi connectivity index (χ2v) is 7.45. The van der Waals surface area contributed by atoms with E-state index in [0.717, 1.165) is 24.3 Å². The van der Waals surface area contributed by atoms with Crippen molar-refractivity contribution in [1.82, 2.24) is 0 Å². The van der Waals surface area contributed by atoms with Crippen molar-refractivity contribution in [2.24, 2.45) is 10.7 Å². The number of hydrogen-bond acceptors (Lipinski definition) is 5. The van der Waals surface area contributed by atoms with Gasteiger partial charge in [-0.05, 0) is 60.2 Å². The lowest BCUT2D eigenvalue weighted by Gasteiger charge is -2.37. The minimum atomic E-state index is -4.53. The van der Waals surface area contributed by atoms with Crippen LogP contribution in [0.25, 0.3) is 0 Å². The van der Waals surface area contributed by atoms with E-state index in [1.165, 1.54) is 24.3 Å². The van der Waals surface area contributed by atoms with Gasteiger partial charge < -0.3 is 16.4 Å². The number of nitrogens with one attached hydrogen (secondary N) is 2. The maximum Gasteiger partial charge on any atom is 0.416 e.